The third-order valence-corrected chi connectivity index (χ3v) is 3.19. The maximum absolute atomic E-state index is 10.7. The first-order valence-electron chi connectivity index (χ1n) is 8.14. The molecule has 24 heavy (non-hydrogen) atoms. The molecule has 0 spiro atoms. The van der Waals surface area contributed by atoms with Crippen LogP contribution in [0.1, 0.15) is 45.4 Å². The van der Waals surface area contributed by atoms with Crippen LogP contribution < -0.4 is 0 Å². The van der Waals surface area contributed by atoms with Crippen molar-refractivity contribution >= 4 is 7.81 Å². The molecule has 0 radical (unpaired) electrons. The van der Waals surface area contributed by atoms with E-state index in [1.54, 1.807) is 0 Å². The van der Waals surface area contributed by atoms with Crippen molar-refractivity contribution in [3.05, 3.63) is 0 Å². The second-order valence-electron chi connectivity index (χ2n) is 6.45. The number of rotatable bonds is 12. The van der Waals surface area contributed by atoms with Gasteiger partial charge in [-0.2, -0.15) is 0 Å². The summed E-state index contributed by atoms with van der Waals surface area (Å²) in [5.41, 5.74) is 0. The molecule has 0 aromatic rings. The predicted molar refractivity (Wildman–Crippen MR) is 86.7 cm³/mol. The molecule has 0 unspecified atom stereocenters. The molecule has 0 saturated heterocycles. The van der Waals surface area contributed by atoms with Gasteiger partial charge in [0.1, 0.15) is 6.54 Å². The Kier molecular flexibility index (Phi) is 11.0. The number of aliphatic hydroxyl groups is 1. The van der Waals surface area contributed by atoms with Crippen molar-refractivity contribution in [2.24, 2.45) is 0 Å². The van der Waals surface area contributed by atoms with Crippen molar-refractivity contribution in [1.82, 2.24) is 0 Å². The van der Waals surface area contributed by atoms with Gasteiger partial charge in [-0.25, -0.2) is 0 Å². The summed E-state index contributed by atoms with van der Waals surface area (Å²) in [6.45, 7) is 5.88. The molecule has 0 amide bonds. The molecule has 0 aliphatic heterocycles. The van der Waals surface area contributed by atoms with E-state index in [4.69, 9.17) is 9.84 Å². The van der Waals surface area contributed by atoms with E-state index in [0.717, 1.165) is 17.6 Å². The van der Waals surface area contributed by atoms with Crippen molar-refractivity contribution < 1.29 is 39.5 Å². The molecule has 152 valence electrons. The SMILES string of the molecule is CCCCCCCC[N+](C)(C)CCOCCO.F[P-](F)(F)(F)(F)F. The summed E-state index contributed by atoms with van der Waals surface area (Å²) in [6.07, 6.45) is 8.16. The molecule has 0 aliphatic rings. The third-order valence-electron chi connectivity index (χ3n) is 3.19. The molecule has 0 fully saturated rings. The fourth-order valence-corrected chi connectivity index (χ4v) is 1.91. The van der Waals surface area contributed by atoms with Crippen LogP contribution in [0.2, 0.25) is 0 Å². The number of quaternary nitrogens is 1. The van der Waals surface area contributed by atoms with Crippen LogP contribution >= 0.6 is 7.81 Å². The van der Waals surface area contributed by atoms with Crippen LogP contribution in [0.25, 0.3) is 0 Å². The number of halogens is 6. The van der Waals surface area contributed by atoms with E-state index in [2.05, 4.69) is 21.0 Å². The van der Waals surface area contributed by atoms with Crippen LogP contribution in [0.4, 0.5) is 25.2 Å². The van der Waals surface area contributed by atoms with Crippen LogP contribution in [-0.4, -0.2) is 56.6 Å². The summed E-state index contributed by atoms with van der Waals surface area (Å²) >= 11 is 0. The summed E-state index contributed by atoms with van der Waals surface area (Å²) in [6, 6.07) is 0. The predicted octanol–water partition coefficient (Wildman–Crippen LogP) is 5.81. The van der Waals surface area contributed by atoms with Gasteiger partial charge in [0.15, 0.2) is 0 Å². The molecule has 0 rings (SSSR count). The number of ether oxygens (including phenoxy) is 1. The minimum absolute atomic E-state index is 0.130. The van der Waals surface area contributed by atoms with E-state index < -0.39 is 7.81 Å². The standard InChI is InChI=1S/C14H32NO2.F6P/c1-4-5-6-7-8-9-10-15(2,3)11-13-17-14-12-16;1-7(2,3,4,5)6/h16H,4-14H2,1-3H3;/q+1;-1. The van der Waals surface area contributed by atoms with Gasteiger partial charge in [0.2, 0.25) is 0 Å². The normalized spacial score (nSPS) is 15.2. The summed E-state index contributed by atoms with van der Waals surface area (Å²) in [5, 5.41) is 8.61. The Morgan fingerprint density at radius 3 is 1.71 bits per heavy atom. The summed E-state index contributed by atoms with van der Waals surface area (Å²) in [5.74, 6) is 0. The molecule has 0 aromatic heterocycles. The molecule has 0 saturated carbocycles. The molecule has 10 heteroatoms. The molecular weight excluding hydrogens is 359 g/mol. The number of aliphatic hydroxyl groups excluding tert-OH is 1. The molecule has 1 N–H and O–H groups in total. The van der Waals surface area contributed by atoms with Crippen LogP contribution in [0.5, 0.6) is 0 Å². The average molecular weight is 391 g/mol. The third kappa shape index (κ3) is 37.8. The minimum atomic E-state index is -10.7. The zero-order valence-corrected chi connectivity index (χ0v) is 15.7. The van der Waals surface area contributed by atoms with E-state index in [0.29, 0.717) is 6.61 Å². The number of unbranched alkanes of at least 4 members (excludes halogenated alkanes) is 5. The maximum atomic E-state index is 9.87. The number of hydrogen-bond donors (Lipinski definition) is 1. The first kappa shape index (κ1) is 26.1. The number of nitrogens with zero attached hydrogens (tertiary/aromatic N) is 1. The molecule has 3 nitrogen and oxygen atoms in total. The van der Waals surface area contributed by atoms with Crippen molar-refractivity contribution in [1.29, 1.82) is 0 Å². The van der Waals surface area contributed by atoms with Gasteiger partial charge in [-0.3, -0.25) is 0 Å². The quantitative estimate of drug-likeness (QED) is 0.197. The Labute approximate surface area is 140 Å². The Balaban J connectivity index is 0. The monoisotopic (exact) mass is 391 g/mol. The van der Waals surface area contributed by atoms with Crippen LogP contribution in [-0.2, 0) is 4.74 Å². The van der Waals surface area contributed by atoms with Crippen LogP contribution in [0, 0.1) is 0 Å². The van der Waals surface area contributed by atoms with E-state index in [9.17, 15) is 25.2 Å². The fourth-order valence-electron chi connectivity index (χ4n) is 1.91. The average Bonchev–Trinajstić information content (AvgIpc) is 2.35. The Morgan fingerprint density at radius 1 is 0.792 bits per heavy atom. The summed E-state index contributed by atoms with van der Waals surface area (Å²) in [4.78, 5) is 0. The molecule has 0 heterocycles. The summed E-state index contributed by atoms with van der Waals surface area (Å²) in [7, 11) is -6.14. The van der Waals surface area contributed by atoms with Crippen molar-refractivity contribution in [2.75, 3.05) is 47.0 Å². The molecular formula is C14H32F6NO2P. The number of hydrogen-bond acceptors (Lipinski definition) is 2. The van der Waals surface area contributed by atoms with Crippen molar-refractivity contribution in [3.8, 4) is 0 Å². The molecule has 0 bridgehead atoms. The van der Waals surface area contributed by atoms with Gasteiger partial charge in [0.25, 0.3) is 0 Å². The van der Waals surface area contributed by atoms with E-state index in [1.807, 2.05) is 0 Å². The second-order valence-corrected chi connectivity index (χ2v) is 8.36. The van der Waals surface area contributed by atoms with Crippen LogP contribution in [0.3, 0.4) is 0 Å². The topological polar surface area (TPSA) is 29.5 Å². The van der Waals surface area contributed by atoms with Crippen molar-refractivity contribution in [2.45, 2.75) is 45.4 Å². The zero-order chi connectivity index (χ0) is 19.4. The van der Waals surface area contributed by atoms with Crippen molar-refractivity contribution in [3.63, 3.8) is 0 Å². The van der Waals surface area contributed by atoms with E-state index in [1.165, 1.54) is 45.1 Å². The van der Waals surface area contributed by atoms with Gasteiger partial charge in [0.05, 0.1) is 40.5 Å². The van der Waals surface area contributed by atoms with E-state index >= 15 is 0 Å². The zero-order valence-electron chi connectivity index (χ0n) is 14.8. The first-order valence-corrected chi connectivity index (χ1v) is 10.2. The van der Waals surface area contributed by atoms with E-state index in [-0.39, 0.29) is 6.61 Å². The van der Waals surface area contributed by atoms with Gasteiger partial charge in [-0.15, -0.1) is 0 Å². The Morgan fingerprint density at radius 2 is 1.25 bits per heavy atom. The molecule has 0 atom stereocenters. The van der Waals surface area contributed by atoms with Gasteiger partial charge >= 0.3 is 33.0 Å². The number of likely N-dealkylation sites (N-methyl/N-ethyl adjacent to an activating group) is 1. The van der Waals surface area contributed by atoms with Gasteiger partial charge in [0, 0.05) is 0 Å². The van der Waals surface area contributed by atoms with Crippen LogP contribution in [0.15, 0.2) is 0 Å². The summed E-state index contributed by atoms with van der Waals surface area (Å²) < 4.78 is 65.5. The Hall–Kier alpha value is -0.110. The van der Waals surface area contributed by atoms with Gasteiger partial charge < -0.3 is 14.3 Å². The van der Waals surface area contributed by atoms with Gasteiger partial charge in [-0.1, -0.05) is 32.6 Å². The molecule has 0 aliphatic carbocycles. The second kappa shape index (κ2) is 10.1. The fraction of sp³-hybridized carbons (Fsp3) is 1.00. The molecule has 0 aromatic carbocycles. The first-order chi connectivity index (χ1) is 10.6. The van der Waals surface area contributed by atoms with Gasteiger partial charge in [-0.05, 0) is 12.8 Å². The Bertz CT molecular complexity index is 310.